The van der Waals surface area contributed by atoms with Crippen LogP contribution in [0.15, 0.2) is 24.3 Å². The highest BCUT2D eigenvalue weighted by Gasteiger charge is 2.33. The zero-order chi connectivity index (χ0) is 18.5. The van der Waals surface area contributed by atoms with Crippen molar-refractivity contribution >= 4 is 37.8 Å². The summed E-state index contributed by atoms with van der Waals surface area (Å²) in [5, 5.41) is 0.973. The van der Waals surface area contributed by atoms with Crippen LogP contribution in [0.5, 0.6) is 0 Å². The second-order valence-corrected chi connectivity index (χ2v) is 8.73. The molecule has 0 saturated carbocycles. The number of hydrogen-bond donors (Lipinski definition) is 2. The average molecular weight is 374 g/mol. The van der Waals surface area contributed by atoms with Gasteiger partial charge in [-0.1, -0.05) is 18.2 Å². The molecule has 9 heteroatoms. The Bertz CT molecular complexity index is 1090. The molecule has 0 aliphatic carbocycles. The Labute approximate surface area is 151 Å². The Hall–Kier alpha value is -2.23. The number of hydrogen-bond acceptors (Lipinski definition) is 6. The molecule has 4 rings (SSSR count). The van der Waals surface area contributed by atoms with Crippen LogP contribution >= 0.6 is 0 Å². The maximum Gasteiger partial charge on any atom is 0.211 e. The van der Waals surface area contributed by atoms with E-state index in [1.54, 1.807) is 0 Å². The summed E-state index contributed by atoms with van der Waals surface area (Å²) in [6.07, 6.45) is 2.81. The van der Waals surface area contributed by atoms with Gasteiger partial charge >= 0.3 is 0 Å². The second kappa shape index (κ2) is 6.19. The Balaban J connectivity index is 1.99. The lowest BCUT2D eigenvalue weighted by Crippen LogP contribution is -2.40. The number of aromatic nitrogens is 3. The molecular formula is C17H22N6O2S. The number of pyridine rings is 1. The Morgan fingerprint density at radius 1 is 1.27 bits per heavy atom. The van der Waals surface area contributed by atoms with Gasteiger partial charge in [0.1, 0.15) is 11.3 Å². The standard InChI is InChI=1S/C17H22N6O2S/c1-26(24,25)22-9-11(5-4-8-18)23-14(10-22)21-15-16(23)12-6-2-3-7-13(12)20-17(15)19/h2-3,6-7,11H,4-5,8-10,18H2,1H3,(H2,19,20)/t11-/m0/s1. The molecule has 0 radical (unpaired) electrons. The molecule has 1 aromatic carbocycles. The quantitative estimate of drug-likeness (QED) is 0.708. The molecule has 3 heterocycles. The van der Waals surface area contributed by atoms with E-state index in [4.69, 9.17) is 11.5 Å². The first kappa shape index (κ1) is 17.2. The lowest BCUT2D eigenvalue weighted by molar-refractivity contribution is 0.272. The number of rotatable bonds is 4. The van der Waals surface area contributed by atoms with E-state index >= 15 is 0 Å². The van der Waals surface area contributed by atoms with Crippen LogP contribution < -0.4 is 11.5 Å². The van der Waals surface area contributed by atoms with Crippen LogP contribution in [0.25, 0.3) is 21.9 Å². The third-order valence-corrected chi connectivity index (χ3v) is 6.15. The van der Waals surface area contributed by atoms with Gasteiger partial charge in [0, 0.05) is 18.0 Å². The average Bonchev–Trinajstić information content (AvgIpc) is 2.99. The van der Waals surface area contributed by atoms with E-state index in [0.29, 0.717) is 30.2 Å². The number of anilines is 1. The van der Waals surface area contributed by atoms with E-state index in [2.05, 4.69) is 14.5 Å². The highest BCUT2D eigenvalue weighted by atomic mass is 32.2. The molecule has 26 heavy (non-hydrogen) atoms. The predicted molar refractivity (Wildman–Crippen MR) is 102 cm³/mol. The molecule has 1 atom stereocenters. The normalized spacial score (nSPS) is 18.5. The van der Waals surface area contributed by atoms with Crippen molar-refractivity contribution in [2.45, 2.75) is 25.4 Å². The van der Waals surface area contributed by atoms with E-state index in [-0.39, 0.29) is 12.6 Å². The number of imidazole rings is 1. The summed E-state index contributed by atoms with van der Waals surface area (Å²) in [5.41, 5.74) is 14.2. The first-order valence-electron chi connectivity index (χ1n) is 8.60. The molecule has 3 aromatic rings. The lowest BCUT2D eigenvalue weighted by atomic mass is 10.1. The van der Waals surface area contributed by atoms with E-state index < -0.39 is 10.0 Å². The van der Waals surface area contributed by atoms with Gasteiger partial charge < -0.3 is 16.0 Å². The number of nitrogens with zero attached hydrogens (tertiary/aromatic N) is 4. The molecule has 138 valence electrons. The van der Waals surface area contributed by atoms with Crippen molar-refractivity contribution in [2.75, 3.05) is 25.1 Å². The topological polar surface area (TPSA) is 120 Å². The maximum absolute atomic E-state index is 12.1. The molecular weight excluding hydrogens is 352 g/mol. The van der Waals surface area contributed by atoms with Crippen molar-refractivity contribution in [1.82, 2.24) is 18.8 Å². The summed E-state index contributed by atoms with van der Waals surface area (Å²) in [6, 6.07) is 7.77. The van der Waals surface area contributed by atoms with Crippen LogP contribution in [0.1, 0.15) is 24.7 Å². The van der Waals surface area contributed by atoms with Crippen molar-refractivity contribution < 1.29 is 8.42 Å². The van der Waals surface area contributed by atoms with Gasteiger partial charge in [-0.05, 0) is 25.5 Å². The van der Waals surface area contributed by atoms with Crippen molar-refractivity contribution in [2.24, 2.45) is 5.73 Å². The fourth-order valence-electron chi connectivity index (χ4n) is 3.74. The van der Waals surface area contributed by atoms with Crippen LogP contribution in [-0.4, -0.2) is 46.6 Å². The zero-order valence-electron chi connectivity index (χ0n) is 14.6. The minimum absolute atomic E-state index is 0.0350. The lowest BCUT2D eigenvalue weighted by Gasteiger charge is -2.33. The fraction of sp³-hybridized carbons (Fsp3) is 0.412. The summed E-state index contributed by atoms with van der Waals surface area (Å²) in [5.74, 6) is 1.06. The molecule has 1 aliphatic heterocycles. The fourth-order valence-corrected chi connectivity index (χ4v) is 4.53. The van der Waals surface area contributed by atoms with E-state index in [0.717, 1.165) is 29.3 Å². The highest BCUT2D eigenvalue weighted by molar-refractivity contribution is 7.88. The molecule has 4 N–H and O–H groups in total. The van der Waals surface area contributed by atoms with Gasteiger partial charge in [-0.15, -0.1) is 0 Å². The Morgan fingerprint density at radius 2 is 2.04 bits per heavy atom. The van der Waals surface area contributed by atoms with Gasteiger partial charge in [0.05, 0.1) is 23.8 Å². The van der Waals surface area contributed by atoms with Crippen molar-refractivity contribution in [1.29, 1.82) is 0 Å². The molecule has 0 unspecified atom stereocenters. The maximum atomic E-state index is 12.1. The van der Waals surface area contributed by atoms with Gasteiger partial charge in [0.15, 0.2) is 5.82 Å². The van der Waals surface area contributed by atoms with E-state index in [9.17, 15) is 8.42 Å². The molecule has 0 amide bonds. The third-order valence-electron chi connectivity index (χ3n) is 4.93. The van der Waals surface area contributed by atoms with E-state index in [1.807, 2.05) is 24.3 Å². The van der Waals surface area contributed by atoms with Crippen molar-refractivity contribution in [3.8, 4) is 0 Å². The van der Waals surface area contributed by atoms with Crippen molar-refractivity contribution in [3.63, 3.8) is 0 Å². The van der Waals surface area contributed by atoms with Crippen LogP contribution in [0.4, 0.5) is 5.82 Å². The van der Waals surface area contributed by atoms with Gasteiger partial charge in [-0.25, -0.2) is 18.4 Å². The monoisotopic (exact) mass is 374 g/mol. The van der Waals surface area contributed by atoms with E-state index in [1.165, 1.54) is 10.6 Å². The number of nitrogen functional groups attached to an aromatic ring is 1. The molecule has 0 fully saturated rings. The van der Waals surface area contributed by atoms with Crippen LogP contribution in [-0.2, 0) is 16.6 Å². The minimum atomic E-state index is -3.31. The first-order chi connectivity index (χ1) is 12.4. The van der Waals surface area contributed by atoms with Gasteiger partial charge in [-0.3, -0.25) is 0 Å². The minimum Gasteiger partial charge on any atom is -0.382 e. The zero-order valence-corrected chi connectivity index (χ0v) is 15.4. The van der Waals surface area contributed by atoms with Crippen LogP contribution in [0.2, 0.25) is 0 Å². The smallest absolute Gasteiger partial charge is 0.211 e. The summed E-state index contributed by atoms with van der Waals surface area (Å²) < 4.78 is 27.9. The molecule has 1 aliphatic rings. The molecule has 0 saturated heterocycles. The SMILES string of the molecule is CS(=O)(=O)N1Cc2nc3c(N)nc4ccccc4c3n2[C@@H](CCCN)C1. The summed E-state index contributed by atoms with van der Waals surface area (Å²) in [6.45, 7) is 1.20. The predicted octanol–water partition coefficient (Wildman–Crippen LogP) is 1.22. The largest absolute Gasteiger partial charge is 0.382 e. The number of benzene rings is 1. The van der Waals surface area contributed by atoms with Gasteiger partial charge in [0.2, 0.25) is 10.0 Å². The van der Waals surface area contributed by atoms with Crippen LogP contribution in [0.3, 0.4) is 0 Å². The summed E-state index contributed by atoms with van der Waals surface area (Å²) in [7, 11) is -3.31. The van der Waals surface area contributed by atoms with Crippen LogP contribution in [0, 0.1) is 0 Å². The second-order valence-electron chi connectivity index (χ2n) is 6.75. The Kier molecular flexibility index (Phi) is 4.09. The highest BCUT2D eigenvalue weighted by Crippen LogP contribution is 2.35. The van der Waals surface area contributed by atoms with Gasteiger partial charge in [-0.2, -0.15) is 4.31 Å². The van der Waals surface area contributed by atoms with Crippen molar-refractivity contribution in [3.05, 3.63) is 30.1 Å². The molecule has 2 aromatic heterocycles. The number of sulfonamides is 1. The third kappa shape index (κ3) is 2.72. The summed E-state index contributed by atoms with van der Waals surface area (Å²) in [4.78, 5) is 9.12. The first-order valence-corrected chi connectivity index (χ1v) is 10.4. The number of fused-ring (bicyclic) bond motifs is 5. The Morgan fingerprint density at radius 3 is 2.77 bits per heavy atom. The number of nitrogens with two attached hydrogens (primary N) is 2. The molecule has 0 spiro atoms. The molecule has 8 nitrogen and oxygen atoms in total. The van der Waals surface area contributed by atoms with Gasteiger partial charge in [0.25, 0.3) is 0 Å². The summed E-state index contributed by atoms with van der Waals surface area (Å²) >= 11 is 0. The molecule has 0 bridgehead atoms. The number of para-hydroxylation sites is 1.